The molecule has 0 saturated heterocycles. The van der Waals surface area contributed by atoms with E-state index < -0.39 is 0 Å². The van der Waals surface area contributed by atoms with Gasteiger partial charge in [0.15, 0.2) is 0 Å². The van der Waals surface area contributed by atoms with Crippen LogP contribution in [0.2, 0.25) is 0 Å². The first-order valence-electron chi connectivity index (χ1n) is 7.37. The van der Waals surface area contributed by atoms with Gasteiger partial charge in [0.2, 0.25) is 5.91 Å². The van der Waals surface area contributed by atoms with Crippen molar-refractivity contribution in [3.63, 3.8) is 0 Å². The van der Waals surface area contributed by atoms with Gasteiger partial charge in [-0.15, -0.1) is 0 Å². The van der Waals surface area contributed by atoms with Crippen LogP contribution in [0.15, 0.2) is 0 Å². The van der Waals surface area contributed by atoms with Gasteiger partial charge in [-0.2, -0.15) is 0 Å². The molecule has 2 heteroatoms. The molecular formula is C16H33NO. The third kappa shape index (κ3) is 13.5. The largest absolute Gasteiger partial charge is 0.356 e. The van der Waals surface area contributed by atoms with Crippen molar-refractivity contribution < 1.29 is 4.79 Å². The van der Waals surface area contributed by atoms with E-state index in [4.69, 9.17) is 0 Å². The van der Waals surface area contributed by atoms with Crippen LogP contribution in [-0.2, 0) is 4.79 Å². The van der Waals surface area contributed by atoms with E-state index in [1.54, 1.807) is 0 Å². The van der Waals surface area contributed by atoms with Gasteiger partial charge in [0.1, 0.15) is 0 Å². The fourth-order valence-electron chi connectivity index (χ4n) is 1.88. The van der Waals surface area contributed by atoms with Gasteiger partial charge >= 0.3 is 0 Å². The molecule has 0 aromatic rings. The second-order valence-corrected chi connectivity index (χ2v) is 7.78. The minimum atomic E-state index is 0.218. The molecule has 0 aliphatic carbocycles. The molecule has 1 N–H and O–H groups in total. The van der Waals surface area contributed by atoms with Crippen molar-refractivity contribution in [2.45, 2.75) is 80.1 Å². The number of amides is 1. The van der Waals surface area contributed by atoms with Gasteiger partial charge in [-0.05, 0) is 36.5 Å². The maximum Gasteiger partial charge on any atom is 0.219 e. The second kappa shape index (κ2) is 7.81. The minimum absolute atomic E-state index is 0.218. The summed E-state index contributed by atoms with van der Waals surface area (Å²) in [5.74, 6) is 0.218. The molecule has 0 radical (unpaired) electrons. The normalized spacial score (nSPS) is 12.6. The predicted octanol–water partition coefficient (Wildman–Crippen LogP) is 4.54. The van der Waals surface area contributed by atoms with Crippen molar-refractivity contribution in [2.24, 2.45) is 10.8 Å². The van der Waals surface area contributed by atoms with E-state index in [9.17, 15) is 4.79 Å². The summed E-state index contributed by atoms with van der Waals surface area (Å²) in [6, 6.07) is 0. The maximum absolute atomic E-state index is 11.6. The first kappa shape index (κ1) is 17.5. The maximum atomic E-state index is 11.6. The molecule has 2 nitrogen and oxygen atoms in total. The van der Waals surface area contributed by atoms with Gasteiger partial charge in [-0.3, -0.25) is 4.79 Å². The summed E-state index contributed by atoms with van der Waals surface area (Å²) in [6.45, 7) is 14.3. The molecule has 0 spiro atoms. The Labute approximate surface area is 114 Å². The Hall–Kier alpha value is -0.530. The van der Waals surface area contributed by atoms with Crippen LogP contribution in [0.5, 0.6) is 0 Å². The number of rotatable bonds is 7. The van der Waals surface area contributed by atoms with Gasteiger partial charge < -0.3 is 5.32 Å². The molecule has 0 aliphatic rings. The molecule has 0 unspecified atom stereocenters. The molecule has 18 heavy (non-hydrogen) atoms. The first-order chi connectivity index (χ1) is 8.10. The number of unbranched alkanes of at least 4 members (excludes halogenated alkanes) is 1. The van der Waals surface area contributed by atoms with Crippen molar-refractivity contribution in [2.75, 3.05) is 6.54 Å². The summed E-state index contributed by atoms with van der Waals surface area (Å²) in [6.07, 6.45) is 6.32. The van der Waals surface area contributed by atoms with E-state index in [2.05, 4.69) is 46.9 Å². The third-order valence-corrected chi connectivity index (χ3v) is 3.01. The topological polar surface area (TPSA) is 29.1 Å². The van der Waals surface area contributed by atoms with E-state index >= 15 is 0 Å². The molecule has 0 aliphatic heterocycles. The molecule has 0 atom stereocenters. The van der Waals surface area contributed by atoms with E-state index in [-0.39, 0.29) is 5.91 Å². The summed E-state index contributed by atoms with van der Waals surface area (Å²) in [7, 11) is 0. The molecule has 108 valence electrons. The lowest BCUT2D eigenvalue weighted by molar-refractivity contribution is -0.121. The summed E-state index contributed by atoms with van der Waals surface area (Å²) in [4.78, 5) is 11.6. The smallest absolute Gasteiger partial charge is 0.219 e. The van der Waals surface area contributed by atoms with Gasteiger partial charge in [-0.1, -0.05) is 48.0 Å². The fourth-order valence-corrected chi connectivity index (χ4v) is 1.88. The van der Waals surface area contributed by atoms with E-state index in [1.807, 2.05) is 0 Å². The predicted molar refractivity (Wildman–Crippen MR) is 79.6 cm³/mol. The van der Waals surface area contributed by atoms with Crippen LogP contribution in [0, 0.1) is 10.8 Å². The third-order valence-electron chi connectivity index (χ3n) is 3.01. The molecule has 0 aromatic heterocycles. The standard InChI is InChI=1S/C16H33NO/c1-15(2,3)11-7-8-13-17-14(18)10-9-12-16(4,5)6/h7-13H2,1-6H3,(H,17,18). The SMILES string of the molecule is CC(C)(C)CCCCNC(=O)CCCC(C)(C)C. The first-order valence-corrected chi connectivity index (χ1v) is 7.37. The van der Waals surface area contributed by atoms with Gasteiger partial charge in [0, 0.05) is 13.0 Å². The van der Waals surface area contributed by atoms with Crippen molar-refractivity contribution in [3.05, 3.63) is 0 Å². The molecular weight excluding hydrogens is 222 g/mol. The lowest BCUT2D eigenvalue weighted by Crippen LogP contribution is -2.24. The zero-order chi connectivity index (χ0) is 14.2. The number of nitrogens with one attached hydrogen (secondary N) is 1. The van der Waals surface area contributed by atoms with E-state index in [1.165, 1.54) is 12.8 Å². The molecule has 0 bridgehead atoms. The van der Waals surface area contributed by atoms with Crippen LogP contribution < -0.4 is 5.32 Å². The lowest BCUT2D eigenvalue weighted by Gasteiger charge is -2.18. The summed E-state index contributed by atoms with van der Waals surface area (Å²) < 4.78 is 0. The summed E-state index contributed by atoms with van der Waals surface area (Å²) in [5.41, 5.74) is 0.754. The molecule has 0 rings (SSSR count). The molecule has 0 heterocycles. The highest BCUT2D eigenvalue weighted by molar-refractivity contribution is 5.75. The van der Waals surface area contributed by atoms with Crippen molar-refractivity contribution in [1.29, 1.82) is 0 Å². The fraction of sp³-hybridized carbons (Fsp3) is 0.938. The highest BCUT2D eigenvalue weighted by Gasteiger charge is 2.11. The average Bonchev–Trinajstić information content (AvgIpc) is 2.13. The Balaban J connectivity index is 3.44. The Morgan fingerprint density at radius 1 is 0.833 bits per heavy atom. The Kier molecular flexibility index (Phi) is 7.58. The van der Waals surface area contributed by atoms with Crippen molar-refractivity contribution in [1.82, 2.24) is 5.32 Å². The van der Waals surface area contributed by atoms with Crippen LogP contribution >= 0.6 is 0 Å². The minimum Gasteiger partial charge on any atom is -0.356 e. The van der Waals surface area contributed by atoms with Gasteiger partial charge in [0.25, 0.3) is 0 Å². The highest BCUT2D eigenvalue weighted by atomic mass is 16.1. The highest BCUT2D eigenvalue weighted by Crippen LogP contribution is 2.22. The van der Waals surface area contributed by atoms with Crippen LogP contribution in [0.4, 0.5) is 0 Å². The number of hydrogen-bond acceptors (Lipinski definition) is 1. The van der Waals surface area contributed by atoms with Crippen LogP contribution in [-0.4, -0.2) is 12.5 Å². The zero-order valence-electron chi connectivity index (χ0n) is 13.4. The average molecular weight is 255 g/mol. The number of carbonyl (C=O) groups is 1. The summed E-state index contributed by atoms with van der Waals surface area (Å²) >= 11 is 0. The second-order valence-electron chi connectivity index (χ2n) is 7.78. The monoisotopic (exact) mass is 255 g/mol. The van der Waals surface area contributed by atoms with E-state index in [0.717, 1.165) is 25.8 Å². The van der Waals surface area contributed by atoms with Crippen LogP contribution in [0.3, 0.4) is 0 Å². The van der Waals surface area contributed by atoms with Crippen molar-refractivity contribution in [3.8, 4) is 0 Å². The van der Waals surface area contributed by atoms with Gasteiger partial charge in [-0.25, -0.2) is 0 Å². The molecule has 1 amide bonds. The Morgan fingerprint density at radius 3 is 1.83 bits per heavy atom. The van der Waals surface area contributed by atoms with Crippen LogP contribution in [0.1, 0.15) is 80.1 Å². The summed E-state index contributed by atoms with van der Waals surface area (Å²) in [5, 5.41) is 3.02. The van der Waals surface area contributed by atoms with E-state index in [0.29, 0.717) is 17.3 Å². The molecule has 0 fully saturated rings. The molecule has 0 saturated carbocycles. The Bertz CT molecular complexity index is 232. The Morgan fingerprint density at radius 2 is 1.33 bits per heavy atom. The van der Waals surface area contributed by atoms with Crippen molar-refractivity contribution >= 4 is 5.91 Å². The lowest BCUT2D eigenvalue weighted by atomic mass is 9.89. The zero-order valence-corrected chi connectivity index (χ0v) is 13.4. The van der Waals surface area contributed by atoms with Crippen LogP contribution in [0.25, 0.3) is 0 Å². The molecule has 0 aromatic carbocycles. The number of carbonyl (C=O) groups excluding carboxylic acids is 1. The quantitative estimate of drug-likeness (QED) is 0.665. The number of hydrogen-bond donors (Lipinski definition) is 1. The van der Waals surface area contributed by atoms with Gasteiger partial charge in [0.05, 0.1) is 0 Å².